The van der Waals surface area contributed by atoms with E-state index < -0.39 is 18.5 Å². The van der Waals surface area contributed by atoms with Crippen molar-refractivity contribution in [2.24, 2.45) is 0 Å². The Morgan fingerprint density at radius 2 is 2.37 bits per heavy atom. The lowest BCUT2D eigenvalue weighted by atomic mass is 10.2. The maximum Gasteiger partial charge on any atom is 0.245 e. The summed E-state index contributed by atoms with van der Waals surface area (Å²) in [6, 6.07) is 0. The summed E-state index contributed by atoms with van der Waals surface area (Å²) in [5.74, 6) is 0.330. The van der Waals surface area contributed by atoms with E-state index in [0.717, 1.165) is 0 Å². The number of ether oxygens (including phenoxy) is 2. The monoisotopic (exact) mass is 268 g/mol. The number of aromatic nitrogens is 4. The molecule has 1 fully saturated rings. The second-order valence-electron chi connectivity index (χ2n) is 4.29. The molecule has 1 aliphatic heterocycles. The number of nitrogens with zero attached hydrogens (tertiary/aromatic N) is 4. The van der Waals surface area contributed by atoms with E-state index in [1.165, 1.54) is 24.3 Å². The van der Waals surface area contributed by atoms with Gasteiger partial charge in [0.15, 0.2) is 17.4 Å². The van der Waals surface area contributed by atoms with Crippen molar-refractivity contribution in [3.8, 4) is 5.88 Å². The molecule has 0 amide bonds. The molecule has 1 aliphatic rings. The second kappa shape index (κ2) is 4.71. The lowest BCUT2D eigenvalue weighted by Crippen LogP contribution is -2.16. The number of aliphatic hydroxyl groups excluding tert-OH is 1. The third-order valence-corrected chi connectivity index (χ3v) is 3.13. The van der Waals surface area contributed by atoms with Gasteiger partial charge in [0.2, 0.25) is 5.88 Å². The predicted octanol–water partition coefficient (Wildman–Crippen LogP) is 0.453. The van der Waals surface area contributed by atoms with Gasteiger partial charge < -0.3 is 14.6 Å². The van der Waals surface area contributed by atoms with Crippen LogP contribution in [0.5, 0.6) is 5.88 Å². The van der Waals surface area contributed by atoms with Crippen LogP contribution in [0.2, 0.25) is 0 Å². The van der Waals surface area contributed by atoms with Gasteiger partial charge in [0, 0.05) is 6.42 Å². The fourth-order valence-corrected chi connectivity index (χ4v) is 2.23. The number of rotatable bonds is 3. The van der Waals surface area contributed by atoms with Crippen molar-refractivity contribution in [2.75, 3.05) is 13.7 Å². The fraction of sp³-hybridized carbons (Fsp3) is 0.545. The lowest BCUT2D eigenvalue weighted by molar-refractivity contribution is -0.0351. The van der Waals surface area contributed by atoms with Crippen molar-refractivity contribution in [1.29, 1.82) is 0 Å². The number of methoxy groups -OCH3 is 1. The van der Waals surface area contributed by atoms with Crippen LogP contribution in [0.4, 0.5) is 4.39 Å². The molecule has 3 rings (SSSR count). The quantitative estimate of drug-likeness (QED) is 0.870. The lowest BCUT2D eigenvalue weighted by Gasteiger charge is -2.15. The van der Waals surface area contributed by atoms with Gasteiger partial charge in [0.05, 0.1) is 26.1 Å². The van der Waals surface area contributed by atoms with Gasteiger partial charge in [-0.1, -0.05) is 0 Å². The van der Waals surface area contributed by atoms with Gasteiger partial charge in [-0.2, -0.15) is 4.98 Å². The summed E-state index contributed by atoms with van der Waals surface area (Å²) in [5.41, 5.74) is 0.895. The van der Waals surface area contributed by atoms with Crippen LogP contribution in [0, 0.1) is 0 Å². The third kappa shape index (κ3) is 1.92. The summed E-state index contributed by atoms with van der Waals surface area (Å²) in [6.07, 6.45) is 0.380. The van der Waals surface area contributed by atoms with E-state index in [4.69, 9.17) is 14.6 Å². The molecule has 7 nitrogen and oxygen atoms in total. The van der Waals surface area contributed by atoms with Gasteiger partial charge >= 0.3 is 0 Å². The zero-order chi connectivity index (χ0) is 13.4. The molecule has 0 spiro atoms. The Morgan fingerprint density at radius 3 is 3.05 bits per heavy atom. The molecule has 0 aliphatic carbocycles. The summed E-state index contributed by atoms with van der Waals surface area (Å²) < 4.78 is 26.0. The molecule has 8 heteroatoms. The summed E-state index contributed by atoms with van der Waals surface area (Å²) >= 11 is 0. The SMILES string of the molecule is COc1ncnc2c1ncn2[C@@H]1O[C@H](CO)C[C@@H]1F. The first kappa shape index (κ1) is 12.2. The van der Waals surface area contributed by atoms with Gasteiger partial charge in [-0.25, -0.2) is 14.4 Å². The number of alkyl halides is 1. The normalized spacial score (nSPS) is 27.0. The summed E-state index contributed by atoms with van der Waals surface area (Å²) in [6.45, 7) is -0.206. The molecular formula is C11H13FN4O3. The number of imidazole rings is 1. The standard InChI is InChI=1S/C11H13FN4O3/c1-18-10-8-9(13-4-14-10)16(5-15-8)11-7(12)2-6(3-17)19-11/h4-7,11,17H,2-3H2,1H3/t6-,7-,11+/m0/s1. The predicted molar refractivity (Wildman–Crippen MR) is 62.4 cm³/mol. The van der Waals surface area contributed by atoms with Crippen molar-refractivity contribution >= 4 is 11.2 Å². The first-order valence-corrected chi connectivity index (χ1v) is 5.86. The highest BCUT2D eigenvalue weighted by Crippen LogP contribution is 2.33. The minimum Gasteiger partial charge on any atom is -0.479 e. The molecule has 3 atom stereocenters. The number of hydrogen-bond acceptors (Lipinski definition) is 6. The topological polar surface area (TPSA) is 82.3 Å². The summed E-state index contributed by atoms with van der Waals surface area (Å²) in [4.78, 5) is 12.1. The molecule has 0 radical (unpaired) electrons. The first-order chi connectivity index (χ1) is 9.24. The fourth-order valence-electron chi connectivity index (χ4n) is 2.23. The van der Waals surface area contributed by atoms with Crippen LogP contribution in [0.3, 0.4) is 0 Å². The Morgan fingerprint density at radius 1 is 1.53 bits per heavy atom. The van der Waals surface area contributed by atoms with E-state index in [1.807, 2.05) is 0 Å². The van der Waals surface area contributed by atoms with E-state index in [-0.39, 0.29) is 13.0 Å². The molecule has 102 valence electrons. The summed E-state index contributed by atoms with van der Waals surface area (Å²) in [5, 5.41) is 9.03. The number of aliphatic hydroxyl groups is 1. The van der Waals surface area contributed by atoms with Crippen LogP contribution in [0.15, 0.2) is 12.7 Å². The van der Waals surface area contributed by atoms with Gasteiger partial charge in [-0.05, 0) is 0 Å². The Labute approximate surface area is 108 Å². The van der Waals surface area contributed by atoms with Gasteiger partial charge in [-0.15, -0.1) is 0 Å². The van der Waals surface area contributed by atoms with Gasteiger partial charge in [0.1, 0.15) is 12.5 Å². The maximum atomic E-state index is 13.9. The minimum atomic E-state index is -1.21. The Balaban J connectivity index is 2.02. The van der Waals surface area contributed by atoms with Crippen molar-refractivity contribution < 1.29 is 19.0 Å². The van der Waals surface area contributed by atoms with Crippen molar-refractivity contribution in [1.82, 2.24) is 19.5 Å². The van der Waals surface area contributed by atoms with Crippen molar-refractivity contribution in [2.45, 2.75) is 24.9 Å². The van der Waals surface area contributed by atoms with Crippen LogP contribution in [0.1, 0.15) is 12.6 Å². The molecule has 0 unspecified atom stereocenters. The number of hydrogen-bond donors (Lipinski definition) is 1. The van der Waals surface area contributed by atoms with E-state index in [0.29, 0.717) is 17.0 Å². The van der Waals surface area contributed by atoms with E-state index in [1.54, 1.807) is 0 Å². The third-order valence-electron chi connectivity index (χ3n) is 3.13. The van der Waals surface area contributed by atoms with Gasteiger partial charge in [0.25, 0.3) is 0 Å². The van der Waals surface area contributed by atoms with Crippen LogP contribution < -0.4 is 4.74 Å². The van der Waals surface area contributed by atoms with Crippen LogP contribution in [-0.2, 0) is 4.74 Å². The average molecular weight is 268 g/mol. The van der Waals surface area contributed by atoms with Crippen LogP contribution in [-0.4, -0.2) is 50.6 Å². The van der Waals surface area contributed by atoms with E-state index in [2.05, 4.69) is 15.0 Å². The average Bonchev–Trinajstić information content (AvgIpc) is 3.01. The smallest absolute Gasteiger partial charge is 0.245 e. The van der Waals surface area contributed by atoms with Crippen molar-refractivity contribution in [3.05, 3.63) is 12.7 Å². The Bertz CT molecular complexity index is 590. The molecule has 0 aromatic carbocycles. The van der Waals surface area contributed by atoms with Crippen LogP contribution in [0.25, 0.3) is 11.2 Å². The summed E-state index contributed by atoms with van der Waals surface area (Å²) in [7, 11) is 1.48. The van der Waals surface area contributed by atoms with Crippen LogP contribution >= 0.6 is 0 Å². The van der Waals surface area contributed by atoms with Crippen molar-refractivity contribution in [3.63, 3.8) is 0 Å². The molecule has 1 N–H and O–H groups in total. The highest BCUT2D eigenvalue weighted by Gasteiger charge is 2.37. The van der Waals surface area contributed by atoms with E-state index in [9.17, 15) is 4.39 Å². The number of fused-ring (bicyclic) bond motifs is 1. The second-order valence-corrected chi connectivity index (χ2v) is 4.29. The Hall–Kier alpha value is -1.80. The highest BCUT2D eigenvalue weighted by atomic mass is 19.1. The molecule has 1 saturated heterocycles. The molecular weight excluding hydrogens is 255 g/mol. The minimum absolute atomic E-state index is 0.156. The molecule has 3 heterocycles. The molecule has 2 aromatic heterocycles. The molecule has 0 saturated carbocycles. The molecule has 0 bridgehead atoms. The van der Waals surface area contributed by atoms with E-state index >= 15 is 0 Å². The maximum absolute atomic E-state index is 13.9. The largest absolute Gasteiger partial charge is 0.479 e. The molecule has 2 aromatic rings. The zero-order valence-electron chi connectivity index (χ0n) is 10.2. The Kier molecular flexibility index (Phi) is 3.03. The zero-order valence-corrected chi connectivity index (χ0v) is 10.2. The molecule has 19 heavy (non-hydrogen) atoms. The number of halogens is 1. The highest BCUT2D eigenvalue weighted by molar-refractivity contribution is 5.75. The first-order valence-electron chi connectivity index (χ1n) is 5.86. The van der Waals surface area contributed by atoms with Gasteiger partial charge in [-0.3, -0.25) is 4.57 Å².